The third kappa shape index (κ3) is 2.55. The average Bonchev–Trinajstić information content (AvgIpc) is 2.50. The second kappa shape index (κ2) is 5.43. The molecule has 0 bridgehead atoms. The first kappa shape index (κ1) is 16.0. The van der Waals surface area contributed by atoms with Crippen LogP contribution in [0.3, 0.4) is 0 Å². The highest BCUT2D eigenvalue weighted by Gasteiger charge is 2.43. The molecule has 10 heteroatoms. The van der Waals surface area contributed by atoms with Gasteiger partial charge in [-0.3, -0.25) is 4.79 Å². The van der Waals surface area contributed by atoms with Gasteiger partial charge in [0.05, 0.1) is 0 Å². The maximum absolute atomic E-state index is 13.4. The molecule has 0 aliphatic carbocycles. The number of hydrogen-bond acceptors (Lipinski definition) is 5. The van der Waals surface area contributed by atoms with Gasteiger partial charge < -0.3 is 14.2 Å². The molecule has 1 aliphatic rings. The molecule has 0 atom stereocenters. The molecule has 1 saturated heterocycles. The maximum Gasteiger partial charge on any atom is 0.508 e. The summed E-state index contributed by atoms with van der Waals surface area (Å²) in [6.07, 6.45) is -1.07. The summed E-state index contributed by atoms with van der Waals surface area (Å²) >= 11 is 0. The first-order valence-corrected chi connectivity index (χ1v) is 5.70. The Bertz CT molecular complexity index is 621. The Kier molecular flexibility index (Phi) is 3.94. The van der Waals surface area contributed by atoms with E-state index in [1.165, 1.54) is 0 Å². The fraction of sp³-hybridized carbons (Fsp3) is 0.333. The molecule has 1 heterocycles. The van der Waals surface area contributed by atoms with Crippen molar-refractivity contribution in [3.8, 4) is 5.75 Å². The number of ether oxygens (including phenoxy) is 3. The first-order chi connectivity index (χ1) is 10.2. The van der Waals surface area contributed by atoms with Gasteiger partial charge in [0.1, 0.15) is 18.6 Å². The van der Waals surface area contributed by atoms with Crippen LogP contribution in [-0.2, 0) is 14.3 Å². The fourth-order valence-corrected chi connectivity index (χ4v) is 1.53. The van der Waals surface area contributed by atoms with E-state index in [0.29, 0.717) is 0 Å². The largest absolute Gasteiger partial charge is 0.508 e. The van der Waals surface area contributed by atoms with E-state index in [4.69, 9.17) is 0 Å². The van der Waals surface area contributed by atoms with Gasteiger partial charge in [-0.2, -0.15) is 8.78 Å². The first-order valence-electron chi connectivity index (χ1n) is 5.70. The van der Waals surface area contributed by atoms with Gasteiger partial charge in [0.25, 0.3) is 0 Å². The number of carbonyl (C=O) groups is 2. The van der Waals surface area contributed by atoms with Crippen LogP contribution in [0.2, 0.25) is 0 Å². The van der Waals surface area contributed by atoms with E-state index in [-0.39, 0.29) is 0 Å². The molecule has 22 heavy (non-hydrogen) atoms. The summed E-state index contributed by atoms with van der Waals surface area (Å²) in [7, 11) is 0. The normalized spacial score (nSPS) is 16.7. The van der Waals surface area contributed by atoms with Crippen LogP contribution in [0.15, 0.2) is 0 Å². The Morgan fingerprint density at radius 1 is 0.955 bits per heavy atom. The van der Waals surface area contributed by atoms with E-state index in [9.17, 15) is 31.5 Å². The van der Waals surface area contributed by atoms with Gasteiger partial charge in [-0.05, 0) is 6.92 Å². The molecule has 5 nitrogen and oxygen atoms in total. The average molecular weight is 326 g/mol. The van der Waals surface area contributed by atoms with Gasteiger partial charge in [0, 0.05) is 0 Å². The molecule has 0 saturated carbocycles. The summed E-state index contributed by atoms with van der Waals surface area (Å²) in [5.41, 5.74) is -1.66. The number of carbonyl (C=O) groups excluding carboxylic acids is 2. The zero-order chi connectivity index (χ0) is 16.7. The zero-order valence-corrected chi connectivity index (χ0v) is 10.8. The Morgan fingerprint density at radius 3 is 1.82 bits per heavy atom. The van der Waals surface area contributed by atoms with Crippen molar-refractivity contribution in [1.29, 1.82) is 0 Å². The second-order valence-corrected chi connectivity index (χ2v) is 4.68. The van der Waals surface area contributed by atoms with Crippen LogP contribution in [0.1, 0.15) is 6.92 Å². The monoisotopic (exact) mass is 326 g/mol. The lowest BCUT2D eigenvalue weighted by atomic mass is 9.92. The van der Waals surface area contributed by atoms with Crippen LogP contribution in [0.25, 0.3) is 0 Å². The second-order valence-electron chi connectivity index (χ2n) is 4.68. The van der Waals surface area contributed by atoms with Crippen molar-refractivity contribution in [2.75, 3.05) is 13.2 Å². The van der Waals surface area contributed by atoms with E-state index in [2.05, 4.69) is 14.2 Å². The predicted octanol–water partition coefficient (Wildman–Crippen LogP) is 2.46. The molecule has 1 aromatic rings. The molecule has 1 aliphatic heterocycles. The SMILES string of the molecule is CC1(C(=O)Oc2c(F)c(F)c(F)c(F)c2F)COC(=O)OC1. The third-order valence-corrected chi connectivity index (χ3v) is 2.87. The summed E-state index contributed by atoms with van der Waals surface area (Å²) in [5.74, 6) is -14.6. The van der Waals surface area contributed by atoms with E-state index < -0.39 is 65.6 Å². The third-order valence-electron chi connectivity index (χ3n) is 2.87. The number of cyclic esters (lactones) is 2. The molecule has 0 unspecified atom stereocenters. The maximum atomic E-state index is 13.4. The van der Waals surface area contributed by atoms with Gasteiger partial charge in [-0.15, -0.1) is 0 Å². The number of benzene rings is 1. The van der Waals surface area contributed by atoms with Gasteiger partial charge in [-0.25, -0.2) is 18.0 Å². The highest BCUT2D eigenvalue weighted by Crippen LogP contribution is 2.32. The minimum atomic E-state index is -2.38. The van der Waals surface area contributed by atoms with E-state index in [0.717, 1.165) is 6.92 Å². The molecule has 0 amide bonds. The Morgan fingerprint density at radius 2 is 1.36 bits per heavy atom. The van der Waals surface area contributed by atoms with Crippen LogP contribution in [0.4, 0.5) is 26.7 Å². The Balaban J connectivity index is 2.31. The summed E-state index contributed by atoms with van der Waals surface area (Å²) in [6, 6.07) is 0. The zero-order valence-electron chi connectivity index (χ0n) is 10.8. The summed E-state index contributed by atoms with van der Waals surface area (Å²) in [6.45, 7) is 0.0773. The van der Waals surface area contributed by atoms with E-state index in [1.54, 1.807) is 0 Å². The lowest BCUT2D eigenvalue weighted by Gasteiger charge is -2.29. The Labute approximate surface area is 119 Å². The molecule has 0 aromatic heterocycles. The van der Waals surface area contributed by atoms with Crippen LogP contribution in [0, 0.1) is 34.5 Å². The molecule has 1 fully saturated rings. The lowest BCUT2D eigenvalue weighted by Crippen LogP contribution is -2.45. The molecule has 2 rings (SSSR count). The number of rotatable bonds is 2. The van der Waals surface area contributed by atoms with Crippen molar-refractivity contribution in [2.45, 2.75) is 6.92 Å². The van der Waals surface area contributed by atoms with E-state index in [1.807, 2.05) is 0 Å². The summed E-state index contributed by atoms with van der Waals surface area (Å²) in [5, 5.41) is 0. The Hall–Kier alpha value is -2.39. The molecular formula is C12H7F5O5. The highest BCUT2D eigenvalue weighted by atomic mass is 19.2. The molecule has 120 valence electrons. The van der Waals surface area contributed by atoms with Crippen LogP contribution < -0.4 is 4.74 Å². The molecule has 0 spiro atoms. The predicted molar refractivity (Wildman–Crippen MR) is 57.3 cm³/mol. The molecule has 0 N–H and O–H groups in total. The van der Waals surface area contributed by atoms with Gasteiger partial charge >= 0.3 is 12.1 Å². The standard InChI is InChI=1S/C12H7F5O5/c1-12(2-20-11(19)21-3-12)10(18)22-9-7(16)5(14)4(13)6(15)8(9)17/h2-3H2,1H3. The lowest BCUT2D eigenvalue weighted by molar-refractivity contribution is -0.156. The minimum absolute atomic E-state index is 0.542. The van der Waals surface area contributed by atoms with Crippen molar-refractivity contribution in [1.82, 2.24) is 0 Å². The van der Waals surface area contributed by atoms with Gasteiger partial charge in [0.15, 0.2) is 0 Å². The summed E-state index contributed by atoms with van der Waals surface area (Å²) < 4.78 is 78.8. The number of hydrogen-bond donors (Lipinski definition) is 0. The quantitative estimate of drug-likeness (QED) is 0.275. The van der Waals surface area contributed by atoms with Gasteiger partial charge in [-0.1, -0.05) is 0 Å². The van der Waals surface area contributed by atoms with Crippen LogP contribution in [-0.4, -0.2) is 25.3 Å². The topological polar surface area (TPSA) is 61.8 Å². The van der Waals surface area contributed by atoms with Gasteiger partial charge in [0.2, 0.25) is 34.8 Å². The molecule has 0 radical (unpaired) electrons. The molecule has 1 aromatic carbocycles. The summed E-state index contributed by atoms with van der Waals surface area (Å²) in [4.78, 5) is 22.6. The van der Waals surface area contributed by atoms with Crippen molar-refractivity contribution in [3.05, 3.63) is 29.1 Å². The van der Waals surface area contributed by atoms with E-state index >= 15 is 0 Å². The highest BCUT2D eigenvalue weighted by molar-refractivity contribution is 5.80. The molecular weight excluding hydrogens is 319 g/mol. The number of halogens is 5. The minimum Gasteiger partial charge on any atom is -0.433 e. The van der Waals surface area contributed by atoms with Crippen molar-refractivity contribution in [3.63, 3.8) is 0 Å². The number of esters is 1. The van der Waals surface area contributed by atoms with Crippen molar-refractivity contribution in [2.24, 2.45) is 5.41 Å². The fourth-order valence-electron chi connectivity index (χ4n) is 1.53. The van der Waals surface area contributed by atoms with Crippen LogP contribution >= 0.6 is 0 Å². The van der Waals surface area contributed by atoms with Crippen molar-refractivity contribution >= 4 is 12.1 Å². The smallest absolute Gasteiger partial charge is 0.433 e. The van der Waals surface area contributed by atoms with Crippen molar-refractivity contribution < 1.29 is 45.8 Å². The van der Waals surface area contributed by atoms with Crippen LogP contribution in [0.5, 0.6) is 5.75 Å².